The predicted molar refractivity (Wildman–Crippen MR) is 86.8 cm³/mol. The van der Waals surface area contributed by atoms with Gasteiger partial charge in [-0.15, -0.1) is 0 Å². The molecule has 22 heavy (non-hydrogen) atoms. The maximum absolute atomic E-state index is 12.2. The lowest BCUT2D eigenvalue weighted by Gasteiger charge is -1.94. The number of thioether (sulfide) groups is 1. The average Bonchev–Trinajstić information content (AvgIpc) is 2.85. The topological polar surface area (TPSA) is 60.2 Å². The summed E-state index contributed by atoms with van der Waals surface area (Å²) >= 11 is 1.44. The highest BCUT2D eigenvalue weighted by Gasteiger charge is 2.24. The van der Waals surface area contributed by atoms with Crippen molar-refractivity contribution in [3.63, 3.8) is 0 Å². The molecular formula is C17H11NO3S. The highest BCUT2D eigenvalue weighted by atomic mass is 32.2. The van der Waals surface area contributed by atoms with Gasteiger partial charge in [-0.1, -0.05) is 48.2 Å². The van der Waals surface area contributed by atoms with Gasteiger partial charge in [-0.2, -0.15) is 0 Å². The van der Waals surface area contributed by atoms with Gasteiger partial charge in [0, 0.05) is 22.6 Å². The van der Waals surface area contributed by atoms with E-state index in [0.717, 1.165) is 16.0 Å². The first-order valence-electron chi connectivity index (χ1n) is 6.59. The normalized spacial score (nSPS) is 15.5. The highest BCUT2D eigenvalue weighted by Crippen LogP contribution is 2.39. The molecule has 0 spiro atoms. The van der Waals surface area contributed by atoms with Crippen LogP contribution in [0.15, 0.2) is 70.5 Å². The van der Waals surface area contributed by atoms with Crippen molar-refractivity contribution in [1.29, 1.82) is 0 Å². The van der Waals surface area contributed by atoms with E-state index in [1.807, 2.05) is 24.3 Å². The standard InChI is InChI=1S/C17H11NO3S/c19-17-14-8-1-2-9-15(14)22-16(17)10-4-6-12-5-3-7-13(11-12)18(20)21/h1-11H/b6-4+,16-10-. The van der Waals surface area contributed by atoms with Gasteiger partial charge in [0.05, 0.1) is 9.83 Å². The van der Waals surface area contributed by atoms with Gasteiger partial charge in [0.1, 0.15) is 0 Å². The summed E-state index contributed by atoms with van der Waals surface area (Å²) in [6.45, 7) is 0. The van der Waals surface area contributed by atoms with Crippen molar-refractivity contribution >= 4 is 29.3 Å². The van der Waals surface area contributed by atoms with Crippen molar-refractivity contribution in [2.45, 2.75) is 4.90 Å². The first-order chi connectivity index (χ1) is 10.6. The summed E-state index contributed by atoms with van der Waals surface area (Å²) in [7, 11) is 0. The molecular weight excluding hydrogens is 298 g/mol. The first kappa shape index (κ1) is 14.3. The Morgan fingerprint density at radius 2 is 1.91 bits per heavy atom. The first-order valence-corrected chi connectivity index (χ1v) is 7.41. The van der Waals surface area contributed by atoms with Crippen LogP contribution in [0.3, 0.4) is 0 Å². The minimum absolute atomic E-state index is 0.0179. The lowest BCUT2D eigenvalue weighted by Crippen LogP contribution is -1.92. The van der Waals surface area contributed by atoms with Crippen LogP contribution in [-0.2, 0) is 0 Å². The van der Waals surface area contributed by atoms with Crippen LogP contribution >= 0.6 is 11.8 Å². The van der Waals surface area contributed by atoms with E-state index in [2.05, 4.69) is 0 Å². The van der Waals surface area contributed by atoms with E-state index in [4.69, 9.17) is 0 Å². The van der Waals surface area contributed by atoms with Crippen molar-refractivity contribution in [3.05, 3.63) is 86.8 Å². The lowest BCUT2D eigenvalue weighted by atomic mass is 10.1. The van der Waals surface area contributed by atoms with Crippen molar-refractivity contribution in [2.75, 3.05) is 0 Å². The SMILES string of the molecule is O=C1/C(=C/C=C/c2cccc([N+](=O)[O-])c2)Sc2ccccc21. The molecule has 1 aliphatic heterocycles. The molecule has 0 N–H and O–H groups in total. The third-order valence-electron chi connectivity index (χ3n) is 3.19. The van der Waals surface area contributed by atoms with E-state index in [9.17, 15) is 14.9 Å². The summed E-state index contributed by atoms with van der Waals surface area (Å²) in [6.07, 6.45) is 5.23. The molecule has 0 saturated heterocycles. The number of nitro benzene ring substituents is 1. The molecule has 0 fully saturated rings. The van der Waals surface area contributed by atoms with E-state index in [0.29, 0.717) is 4.91 Å². The smallest absolute Gasteiger partial charge is 0.270 e. The van der Waals surface area contributed by atoms with Gasteiger partial charge in [-0.25, -0.2) is 0 Å². The summed E-state index contributed by atoms with van der Waals surface area (Å²) in [5, 5.41) is 10.7. The molecule has 2 aromatic carbocycles. The Bertz CT molecular complexity index is 824. The molecule has 4 nitrogen and oxygen atoms in total. The molecule has 108 valence electrons. The predicted octanol–water partition coefficient (Wildman–Crippen LogP) is 4.48. The van der Waals surface area contributed by atoms with Crippen LogP contribution in [0.5, 0.6) is 0 Å². The molecule has 1 heterocycles. The van der Waals surface area contributed by atoms with Crippen molar-refractivity contribution < 1.29 is 9.72 Å². The second-order valence-corrected chi connectivity index (χ2v) is 5.75. The van der Waals surface area contributed by atoms with Crippen LogP contribution in [0.25, 0.3) is 6.08 Å². The summed E-state index contributed by atoms with van der Waals surface area (Å²) in [4.78, 5) is 24.1. The Balaban J connectivity index is 1.79. The molecule has 0 amide bonds. The number of ketones is 1. The van der Waals surface area contributed by atoms with E-state index in [1.54, 1.807) is 30.4 Å². The third kappa shape index (κ3) is 2.84. The number of hydrogen-bond donors (Lipinski definition) is 0. The maximum Gasteiger partial charge on any atom is 0.270 e. The zero-order chi connectivity index (χ0) is 15.5. The van der Waals surface area contributed by atoms with E-state index in [1.165, 1.54) is 23.9 Å². The fourth-order valence-electron chi connectivity index (χ4n) is 2.14. The second kappa shape index (κ2) is 5.99. The summed E-state index contributed by atoms with van der Waals surface area (Å²) in [6, 6.07) is 13.8. The van der Waals surface area contributed by atoms with Crippen LogP contribution in [-0.4, -0.2) is 10.7 Å². The molecule has 0 atom stereocenters. The Morgan fingerprint density at radius 1 is 1.09 bits per heavy atom. The number of carbonyl (C=O) groups is 1. The van der Waals surface area contributed by atoms with Gasteiger partial charge < -0.3 is 0 Å². The fraction of sp³-hybridized carbons (Fsp3) is 0. The van der Waals surface area contributed by atoms with Crippen LogP contribution in [0.1, 0.15) is 15.9 Å². The Labute approximate surface area is 131 Å². The minimum Gasteiger partial charge on any atom is -0.288 e. The van der Waals surface area contributed by atoms with Crippen LogP contribution < -0.4 is 0 Å². The number of non-ortho nitro benzene ring substituents is 1. The summed E-state index contributed by atoms with van der Waals surface area (Å²) < 4.78 is 0. The summed E-state index contributed by atoms with van der Waals surface area (Å²) in [5.74, 6) is 0.0179. The quantitative estimate of drug-likeness (QED) is 0.476. The highest BCUT2D eigenvalue weighted by molar-refractivity contribution is 8.04. The van der Waals surface area contributed by atoms with Gasteiger partial charge in [0.15, 0.2) is 0 Å². The molecule has 3 rings (SSSR count). The monoisotopic (exact) mass is 309 g/mol. The molecule has 0 bridgehead atoms. The number of rotatable bonds is 3. The molecule has 0 radical (unpaired) electrons. The van der Waals surface area contributed by atoms with E-state index >= 15 is 0 Å². The number of nitro groups is 1. The number of benzene rings is 2. The number of fused-ring (bicyclic) bond motifs is 1. The third-order valence-corrected chi connectivity index (χ3v) is 4.31. The number of carbonyl (C=O) groups excluding carboxylic acids is 1. The molecule has 0 unspecified atom stereocenters. The molecule has 0 aromatic heterocycles. The molecule has 0 saturated carbocycles. The minimum atomic E-state index is -0.428. The number of hydrogen-bond acceptors (Lipinski definition) is 4. The van der Waals surface area contributed by atoms with Gasteiger partial charge in [-0.05, 0) is 23.8 Å². The fourth-order valence-corrected chi connectivity index (χ4v) is 3.14. The lowest BCUT2D eigenvalue weighted by molar-refractivity contribution is -0.384. The number of allylic oxidation sites excluding steroid dienone is 3. The number of nitrogens with zero attached hydrogens (tertiary/aromatic N) is 1. The van der Waals surface area contributed by atoms with E-state index < -0.39 is 4.92 Å². The largest absolute Gasteiger partial charge is 0.288 e. The van der Waals surface area contributed by atoms with Gasteiger partial charge in [0.25, 0.3) is 5.69 Å². The van der Waals surface area contributed by atoms with Crippen LogP contribution in [0.2, 0.25) is 0 Å². The van der Waals surface area contributed by atoms with Gasteiger partial charge in [0.2, 0.25) is 5.78 Å². The zero-order valence-corrected chi connectivity index (χ0v) is 12.2. The van der Waals surface area contributed by atoms with Crippen LogP contribution in [0, 0.1) is 10.1 Å². The molecule has 0 aliphatic carbocycles. The van der Waals surface area contributed by atoms with Crippen molar-refractivity contribution in [2.24, 2.45) is 0 Å². The second-order valence-electron chi connectivity index (χ2n) is 4.67. The van der Waals surface area contributed by atoms with Crippen molar-refractivity contribution in [1.82, 2.24) is 0 Å². The van der Waals surface area contributed by atoms with Gasteiger partial charge in [-0.3, -0.25) is 14.9 Å². The van der Waals surface area contributed by atoms with Gasteiger partial charge >= 0.3 is 0 Å². The molecule has 5 heteroatoms. The molecule has 2 aromatic rings. The average molecular weight is 309 g/mol. The Morgan fingerprint density at radius 3 is 2.68 bits per heavy atom. The van der Waals surface area contributed by atoms with Crippen LogP contribution in [0.4, 0.5) is 5.69 Å². The van der Waals surface area contributed by atoms with Crippen molar-refractivity contribution in [3.8, 4) is 0 Å². The maximum atomic E-state index is 12.2. The summed E-state index contributed by atoms with van der Waals surface area (Å²) in [5.41, 5.74) is 1.50. The Hall–Kier alpha value is -2.66. The Kier molecular flexibility index (Phi) is 3.89. The zero-order valence-electron chi connectivity index (χ0n) is 11.4. The van der Waals surface area contributed by atoms with E-state index in [-0.39, 0.29) is 11.5 Å². The number of Topliss-reactive ketones (excluding diaryl/α,β-unsaturated/α-hetero) is 1. The molecule has 1 aliphatic rings.